The minimum Gasteiger partial charge on any atom is -0.384 e. The third-order valence-corrected chi connectivity index (χ3v) is 5.64. The Labute approximate surface area is 125 Å². The van der Waals surface area contributed by atoms with Crippen LogP contribution >= 0.6 is 0 Å². The van der Waals surface area contributed by atoms with Crippen LogP contribution < -0.4 is 10.0 Å². The van der Waals surface area contributed by atoms with E-state index >= 15 is 0 Å². The van der Waals surface area contributed by atoms with E-state index in [2.05, 4.69) is 22.2 Å². The number of nitrogens with zero attached hydrogens (tertiary/aromatic N) is 1. The maximum atomic E-state index is 12.1. The van der Waals surface area contributed by atoms with E-state index in [-0.39, 0.29) is 0 Å². The summed E-state index contributed by atoms with van der Waals surface area (Å²) in [6.45, 7) is 3.15. The minimum atomic E-state index is -3.37. The van der Waals surface area contributed by atoms with Crippen molar-refractivity contribution in [3.05, 3.63) is 29.8 Å². The van der Waals surface area contributed by atoms with Gasteiger partial charge in [0.2, 0.25) is 0 Å². The summed E-state index contributed by atoms with van der Waals surface area (Å²) < 4.78 is 33.6. The van der Waals surface area contributed by atoms with E-state index in [1.54, 1.807) is 0 Å². The molecule has 21 heavy (non-hydrogen) atoms. The Kier molecular flexibility index (Phi) is 4.44. The van der Waals surface area contributed by atoms with Gasteiger partial charge in [0.05, 0.1) is 13.2 Å². The molecule has 2 aliphatic heterocycles. The lowest BCUT2D eigenvalue weighted by atomic mass is 9.98. The first-order valence-electron chi connectivity index (χ1n) is 7.32. The van der Waals surface area contributed by atoms with E-state index in [0.29, 0.717) is 38.8 Å². The first-order chi connectivity index (χ1) is 10.2. The average Bonchev–Trinajstić information content (AvgIpc) is 2.92. The van der Waals surface area contributed by atoms with Crippen LogP contribution in [-0.2, 0) is 14.9 Å². The summed E-state index contributed by atoms with van der Waals surface area (Å²) in [4.78, 5) is 0. The van der Waals surface area contributed by atoms with Gasteiger partial charge in [0.1, 0.15) is 0 Å². The number of ether oxygens (including phenoxy) is 1. The fourth-order valence-electron chi connectivity index (χ4n) is 2.86. The van der Waals surface area contributed by atoms with Crippen LogP contribution in [0.15, 0.2) is 24.3 Å². The highest BCUT2D eigenvalue weighted by atomic mass is 32.2. The number of rotatable bonds is 5. The molecule has 0 radical (unpaired) electrons. The molecular weight excluding hydrogens is 290 g/mol. The van der Waals surface area contributed by atoms with Gasteiger partial charge >= 0.3 is 0 Å². The summed E-state index contributed by atoms with van der Waals surface area (Å²) in [5, 5.41) is 3.36. The molecule has 1 aromatic rings. The summed E-state index contributed by atoms with van der Waals surface area (Å²) >= 11 is 0. The van der Waals surface area contributed by atoms with Crippen molar-refractivity contribution in [3.63, 3.8) is 0 Å². The van der Waals surface area contributed by atoms with Gasteiger partial charge in [0, 0.05) is 37.8 Å². The number of anilines is 1. The van der Waals surface area contributed by atoms with Gasteiger partial charge in [-0.1, -0.05) is 18.2 Å². The predicted molar refractivity (Wildman–Crippen MR) is 81.6 cm³/mol. The summed E-state index contributed by atoms with van der Waals surface area (Å²) in [7, 11) is -3.37. The number of nitrogens with one attached hydrogen (secondary N) is 2. The van der Waals surface area contributed by atoms with Crippen molar-refractivity contribution in [3.8, 4) is 0 Å². The number of hydrogen-bond donors (Lipinski definition) is 2. The van der Waals surface area contributed by atoms with Gasteiger partial charge in [-0.05, 0) is 18.1 Å². The number of benzene rings is 1. The van der Waals surface area contributed by atoms with Crippen LogP contribution in [0.2, 0.25) is 0 Å². The molecule has 6 nitrogen and oxygen atoms in total. The van der Waals surface area contributed by atoms with Crippen molar-refractivity contribution < 1.29 is 13.2 Å². The van der Waals surface area contributed by atoms with E-state index in [1.165, 1.54) is 15.6 Å². The van der Waals surface area contributed by atoms with Crippen LogP contribution in [0.5, 0.6) is 0 Å². The SMILES string of the molecule is O=S(=O)(NCCC1CNc2ccccc21)N1CCOCC1. The van der Waals surface area contributed by atoms with E-state index in [1.807, 2.05) is 12.1 Å². The van der Waals surface area contributed by atoms with Gasteiger partial charge in [-0.15, -0.1) is 0 Å². The average molecular weight is 311 g/mol. The van der Waals surface area contributed by atoms with Crippen molar-refractivity contribution in [2.24, 2.45) is 0 Å². The predicted octanol–water partition coefficient (Wildman–Crippen LogP) is 0.752. The molecule has 116 valence electrons. The summed E-state index contributed by atoms with van der Waals surface area (Å²) in [6.07, 6.45) is 0.799. The monoisotopic (exact) mass is 311 g/mol. The quantitative estimate of drug-likeness (QED) is 0.842. The number of hydrogen-bond acceptors (Lipinski definition) is 4. The third kappa shape index (κ3) is 3.37. The van der Waals surface area contributed by atoms with E-state index in [4.69, 9.17) is 4.74 Å². The van der Waals surface area contributed by atoms with Crippen molar-refractivity contribution in [2.45, 2.75) is 12.3 Å². The molecule has 1 unspecified atom stereocenters. The molecule has 0 amide bonds. The molecule has 1 aromatic carbocycles. The molecule has 0 aromatic heterocycles. The summed E-state index contributed by atoms with van der Waals surface area (Å²) in [6, 6.07) is 8.20. The van der Waals surface area contributed by atoms with Gasteiger partial charge in [-0.3, -0.25) is 0 Å². The molecule has 1 atom stereocenters. The maximum absolute atomic E-state index is 12.1. The van der Waals surface area contributed by atoms with Crippen LogP contribution in [0.3, 0.4) is 0 Å². The number of fused-ring (bicyclic) bond motifs is 1. The Hall–Kier alpha value is -1.15. The number of para-hydroxylation sites is 1. The highest BCUT2D eigenvalue weighted by molar-refractivity contribution is 7.87. The number of morpholine rings is 1. The fourth-order valence-corrected chi connectivity index (χ4v) is 4.04. The van der Waals surface area contributed by atoms with E-state index in [0.717, 1.165) is 13.0 Å². The molecule has 0 bridgehead atoms. The van der Waals surface area contributed by atoms with Crippen molar-refractivity contribution >= 4 is 15.9 Å². The summed E-state index contributed by atoms with van der Waals surface area (Å²) in [5.74, 6) is 0.369. The molecule has 0 spiro atoms. The van der Waals surface area contributed by atoms with Gasteiger partial charge < -0.3 is 10.1 Å². The molecule has 2 N–H and O–H groups in total. The highest BCUT2D eigenvalue weighted by Crippen LogP contribution is 2.32. The zero-order valence-corrected chi connectivity index (χ0v) is 12.7. The Bertz CT molecular complexity index is 585. The zero-order chi connectivity index (χ0) is 14.7. The van der Waals surface area contributed by atoms with Crippen molar-refractivity contribution in [1.82, 2.24) is 9.03 Å². The smallest absolute Gasteiger partial charge is 0.279 e. The second kappa shape index (κ2) is 6.31. The molecule has 1 saturated heterocycles. The second-order valence-electron chi connectivity index (χ2n) is 5.36. The fraction of sp³-hybridized carbons (Fsp3) is 0.571. The van der Waals surface area contributed by atoms with Crippen LogP contribution in [0.25, 0.3) is 0 Å². The Morgan fingerprint density at radius 1 is 1.29 bits per heavy atom. The van der Waals surface area contributed by atoms with Gasteiger partial charge in [0.15, 0.2) is 0 Å². The molecule has 0 saturated carbocycles. The molecule has 3 rings (SSSR count). The highest BCUT2D eigenvalue weighted by Gasteiger charge is 2.25. The first kappa shape index (κ1) is 14.8. The molecular formula is C14H21N3O3S. The Morgan fingerprint density at radius 3 is 2.86 bits per heavy atom. The van der Waals surface area contributed by atoms with Crippen molar-refractivity contribution in [2.75, 3.05) is 44.7 Å². The first-order valence-corrected chi connectivity index (χ1v) is 8.76. The van der Waals surface area contributed by atoms with E-state index in [9.17, 15) is 8.42 Å². The summed E-state index contributed by atoms with van der Waals surface area (Å²) in [5.41, 5.74) is 2.45. The zero-order valence-electron chi connectivity index (χ0n) is 11.9. The Morgan fingerprint density at radius 2 is 2.05 bits per heavy atom. The standard InChI is InChI=1S/C14H21N3O3S/c18-21(19,17-7-9-20-10-8-17)16-6-5-12-11-15-14-4-2-1-3-13(12)14/h1-4,12,15-16H,5-11H2. The molecule has 1 fully saturated rings. The molecule has 2 heterocycles. The van der Waals surface area contributed by atoms with Crippen LogP contribution in [0.4, 0.5) is 5.69 Å². The van der Waals surface area contributed by atoms with Gasteiger partial charge in [-0.2, -0.15) is 12.7 Å². The lowest BCUT2D eigenvalue weighted by molar-refractivity contribution is 0.0725. The topological polar surface area (TPSA) is 70.7 Å². The molecule has 2 aliphatic rings. The van der Waals surface area contributed by atoms with Crippen LogP contribution in [0.1, 0.15) is 17.9 Å². The van der Waals surface area contributed by atoms with Crippen LogP contribution in [0, 0.1) is 0 Å². The van der Waals surface area contributed by atoms with Crippen molar-refractivity contribution in [1.29, 1.82) is 0 Å². The lowest BCUT2D eigenvalue weighted by Crippen LogP contribution is -2.46. The van der Waals surface area contributed by atoms with Gasteiger partial charge in [0.25, 0.3) is 10.2 Å². The largest absolute Gasteiger partial charge is 0.384 e. The molecule has 0 aliphatic carbocycles. The molecule has 7 heteroatoms. The van der Waals surface area contributed by atoms with Crippen LogP contribution in [-0.4, -0.2) is 52.1 Å². The normalized spacial score (nSPS) is 22.8. The minimum absolute atomic E-state index is 0.369. The van der Waals surface area contributed by atoms with E-state index < -0.39 is 10.2 Å². The third-order valence-electron chi connectivity index (χ3n) is 4.03. The maximum Gasteiger partial charge on any atom is 0.279 e. The lowest BCUT2D eigenvalue weighted by Gasteiger charge is -2.26. The van der Waals surface area contributed by atoms with Gasteiger partial charge in [-0.25, -0.2) is 4.72 Å². The Balaban J connectivity index is 1.52. The second-order valence-corrected chi connectivity index (χ2v) is 7.12.